The third kappa shape index (κ3) is 5.22. The number of fused-ring (bicyclic) bond motifs is 1. The van der Waals surface area contributed by atoms with E-state index in [1.165, 1.54) is 37.1 Å². The summed E-state index contributed by atoms with van der Waals surface area (Å²) in [5.74, 6) is 2.13. The summed E-state index contributed by atoms with van der Waals surface area (Å²) in [5.41, 5.74) is 3.50. The van der Waals surface area contributed by atoms with E-state index in [4.69, 9.17) is 9.97 Å². The first-order chi connectivity index (χ1) is 18.0. The Labute approximate surface area is 214 Å². The van der Waals surface area contributed by atoms with Crippen LogP contribution in [0.2, 0.25) is 0 Å². The van der Waals surface area contributed by atoms with Crippen molar-refractivity contribution in [3.05, 3.63) is 65.0 Å². The number of halogens is 3. The van der Waals surface area contributed by atoms with Gasteiger partial charge in [-0.1, -0.05) is 12.1 Å². The Balaban J connectivity index is 1.32. The molecule has 2 fully saturated rings. The Bertz CT molecular complexity index is 1250. The van der Waals surface area contributed by atoms with Gasteiger partial charge in [0, 0.05) is 50.0 Å². The molecule has 1 N–H and O–H groups in total. The van der Waals surface area contributed by atoms with Gasteiger partial charge in [0.05, 0.1) is 11.3 Å². The monoisotopic (exact) mass is 508 g/mol. The number of rotatable bonds is 5. The SMILES string of the molecule is FC(F)(F)c1cccnc1N1CCc2nc(N3CCCCC3)nc(Nc3ccc(C4CC4)cc3)c2CC1. The first kappa shape index (κ1) is 24.0. The predicted octanol–water partition coefficient (Wildman–Crippen LogP) is 6.11. The number of hydrogen-bond acceptors (Lipinski definition) is 6. The number of nitrogens with one attached hydrogen (secondary N) is 1. The number of pyridine rings is 1. The zero-order valence-corrected chi connectivity index (χ0v) is 20.8. The number of alkyl halides is 3. The first-order valence-corrected chi connectivity index (χ1v) is 13.2. The zero-order valence-electron chi connectivity index (χ0n) is 20.8. The minimum absolute atomic E-state index is 0.0165. The molecule has 194 valence electrons. The summed E-state index contributed by atoms with van der Waals surface area (Å²) in [6, 6.07) is 11.0. The Morgan fingerprint density at radius 2 is 1.59 bits per heavy atom. The van der Waals surface area contributed by atoms with Crippen molar-refractivity contribution in [2.75, 3.05) is 41.3 Å². The lowest BCUT2D eigenvalue weighted by atomic mass is 10.1. The van der Waals surface area contributed by atoms with E-state index in [0.717, 1.165) is 54.8 Å². The molecule has 0 spiro atoms. The highest BCUT2D eigenvalue weighted by Gasteiger charge is 2.36. The summed E-state index contributed by atoms with van der Waals surface area (Å²) in [6.07, 6.45) is 3.98. The highest BCUT2D eigenvalue weighted by atomic mass is 19.4. The molecule has 37 heavy (non-hydrogen) atoms. The summed E-state index contributed by atoms with van der Waals surface area (Å²) >= 11 is 0. The Morgan fingerprint density at radius 3 is 2.32 bits per heavy atom. The molecule has 4 heterocycles. The molecule has 1 saturated heterocycles. The maximum atomic E-state index is 13.7. The third-order valence-corrected chi connectivity index (χ3v) is 7.58. The summed E-state index contributed by atoms with van der Waals surface area (Å²) in [6.45, 7) is 2.67. The fourth-order valence-corrected chi connectivity index (χ4v) is 5.40. The van der Waals surface area contributed by atoms with E-state index in [0.29, 0.717) is 37.8 Å². The van der Waals surface area contributed by atoms with E-state index in [2.05, 4.69) is 39.5 Å². The van der Waals surface area contributed by atoms with Gasteiger partial charge in [0.25, 0.3) is 0 Å². The van der Waals surface area contributed by atoms with Crippen molar-refractivity contribution >= 4 is 23.3 Å². The zero-order chi connectivity index (χ0) is 25.4. The summed E-state index contributed by atoms with van der Waals surface area (Å²) in [5, 5.41) is 3.52. The van der Waals surface area contributed by atoms with Crippen molar-refractivity contribution < 1.29 is 13.2 Å². The second-order valence-corrected chi connectivity index (χ2v) is 10.2. The molecule has 1 aliphatic carbocycles. The second-order valence-electron chi connectivity index (χ2n) is 10.2. The van der Waals surface area contributed by atoms with Gasteiger partial charge in [-0.3, -0.25) is 0 Å². The quantitative estimate of drug-likeness (QED) is 0.449. The fourth-order valence-electron chi connectivity index (χ4n) is 5.40. The van der Waals surface area contributed by atoms with Crippen LogP contribution in [0.15, 0.2) is 42.6 Å². The normalized spacial score (nSPS) is 18.4. The average Bonchev–Trinajstić information content (AvgIpc) is 3.77. The number of anilines is 4. The Morgan fingerprint density at radius 1 is 0.838 bits per heavy atom. The summed E-state index contributed by atoms with van der Waals surface area (Å²) in [7, 11) is 0. The molecule has 3 aromatic rings. The molecule has 0 amide bonds. The molecular weight excluding hydrogens is 477 g/mol. The topological polar surface area (TPSA) is 57.2 Å². The number of benzene rings is 1. The van der Waals surface area contributed by atoms with Crippen LogP contribution in [0.5, 0.6) is 0 Å². The number of aromatic nitrogens is 3. The van der Waals surface area contributed by atoms with Crippen LogP contribution in [-0.4, -0.2) is 41.1 Å². The smallest absolute Gasteiger partial charge is 0.355 e. The predicted molar refractivity (Wildman–Crippen MR) is 139 cm³/mol. The summed E-state index contributed by atoms with van der Waals surface area (Å²) < 4.78 is 41.1. The lowest BCUT2D eigenvalue weighted by Crippen LogP contribution is -2.31. The number of hydrogen-bond donors (Lipinski definition) is 1. The molecule has 3 aliphatic rings. The van der Waals surface area contributed by atoms with Gasteiger partial charge < -0.3 is 15.1 Å². The van der Waals surface area contributed by atoms with Crippen molar-refractivity contribution in [1.82, 2.24) is 15.0 Å². The highest BCUT2D eigenvalue weighted by molar-refractivity contribution is 5.63. The standard InChI is InChI=1S/C28H31F3N6/c29-28(30,31)23-5-4-14-32-26(23)36-17-12-22-24(13-18-36)34-27(37-15-2-1-3-16-37)35-25(22)33-21-10-8-20(9-11-21)19-6-7-19/h4-5,8-11,14,19H,1-3,6-7,12-13,15-18H2,(H,33,34,35). The molecule has 1 aromatic carbocycles. The molecule has 0 unspecified atom stereocenters. The lowest BCUT2D eigenvalue weighted by Gasteiger charge is -2.28. The van der Waals surface area contributed by atoms with Crippen molar-refractivity contribution in [2.24, 2.45) is 0 Å². The molecule has 6 nitrogen and oxygen atoms in total. The van der Waals surface area contributed by atoms with Crippen molar-refractivity contribution in [3.8, 4) is 0 Å². The minimum Gasteiger partial charge on any atom is -0.355 e. The van der Waals surface area contributed by atoms with Gasteiger partial charge in [-0.05, 0) is 74.3 Å². The molecule has 2 aromatic heterocycles. The van der Waals surface area contributed by atoms with Gasteiger partial charge in [0.1, 0.15) is 11.6 Å². The van der Waals surface area contributed by atoms with E-state index in [-0.39, 0.29) is 5.82 Å². The van der Waals surface area contributed by atoms with Crippen LogP contribution in [-0.2, 0) is 19.0 Å². The maximum Gasteiger partial charge on any atom is 0.419 e. The molecule has 1 saturated carbocycles. The van der Waals surface area contributed by atoms with Crippen molar-refractivity contribution in [3.63, 3.8) is 0 Å². The van der Waals surface area contributed by atoms with Gasteiger partial charge in [0.15, 0.2) is 0 Å². The molecule has 0 bridgehead atoms. The van der Waals surface area contributed by atoms with Crippen LogP contribution in [0.4, 0.5) is 36.4 Å². The molecule has 9 heteroatoms. The molecule has 2 aliphatic heterocycles. The molecule has 6 rings (SSSR count). The highest BCUT2D eigenvalue weighted by Crippen LogP contribution is 2.40. The van der Waals surface area contributed by atoms with Gasteiger partial charge in [0.2, 0.25) is 5.95 Å². The van der Waals surface area contributed by atoms with Crippen LogP contribution >= 0.6 is 0 Å². The maximum absolute atomic E-state index is 13.7. The van der Waals surface area contributed by atoms with Crippen LogP contribution in [0.25, 0.3) is 0 Å². The second kappa shape index (κ2) is 9.84. The van der Waals surface area contributed by atoms with Gasteiger partial charge in [-0.25, -0.2) is 9.97 Å². The fraction of sp³-hybridized carbons (Fsp3) is 0.464. The first-order valence-electron chi connectivity index (χ1n) is 13.2. The molecule has 0 atom stereocenters. The molecule has 0 radical (unpaired) electrons. The summed E-state index contributed by atoms with van der Waals surface area (Å²) in [4.78, 5) is 18.0. The van der Waals surface area contributed by atoms with Gasteiger partial charge >= 0.3 is 6.18 Å². The van der Waals surface area contributed by atoms with E-state index in [9.17, 15) is 13.2 Å². The van der Waals surface area contributed by atoms with E-state index >= 15 is 0 Å². The van der Waals surface area contributed by atoms with E-state index < -0.39 is 11.7 Å². The minimum atomic E-state index is -4.46. The van der Waals surface area contributed by atoms with Crippen LogP contribution in [0.3, 0.4) is 0 Å². The number of piperidine rings is 1. The lowest BCUT2D eigenvalue weighted by molar-refractivity contribution is -0.137. The Hall–Kier alpha value is -3.36. The largest absolute Gasteiger partial charge is 0.419 e. The third-order valence-electron chi connectivity index (χ3n) is 7.58. The van der Waals surface area contributed by atoms with Crippen LogP contribution in [0, 0.1) is 0 Å². The van der Waals surface area contributed by atoms with Crippen molar-refractivity contribution in [1.29, 1.82) is 0 Å². The van der Waals surface area contributed by atoms with Crippen LogP contribution in [0.1, 0.15) is 60.4 Å². The Kier molecular flexibility index (Phi) is 6.38. The molecular formula is C28H31F3N6. The van der Waals surface area contributed by atoms with Crippen LogP contribution < -0.4 is 15.1 Å². The van der Waals surface area contributed by atoms with E-state index in [1.54, 1.807) is 4.90 Å². The van der Waals surface area contributed by atoms with Crippen molar-refractivity contribution in [2.45, 2.75) is 57.0 Å². The van der Waals surface area contributed by atoms with Gasteiger partial charge in [-0.2, -0.15) is 18.2 Å². The van der Waals surface area contributed by atoms with E-state index in [1.807, 2.05) is 0 Å². The van der Waals surface area contributed by atoms with Gasteiger partial charge in [-0.15, -0.1) is 0 Å². The number of nitrogens with zero attached hydrogens (tertiary/aromatic N) is 5. The average molecular weight is 509 g/mol.